The molecule has 0 bridgehead atoms. The van der Waals surface area contributed by atoms with Crippen LogP contribution in [0.15, 0.2) is 0 Å². The zero-order valence-electron chi connectivity index (χ0n) is 13.6. The molecule has 0 heterocycles. The van der Waals surface area contributed by atoms with Crippen LogP contribution in [0.1, 0.15) is 0 Å². The van der Waals surface area contributed by atoms with Crippen molar-refractivity contribution < 1.29 is 87.9 Å². The van der Waals surface area contributed by atoms with Gasteiger partial charge in [-0.15, -0.1) is 0 Å². The number of hydrogen-bond donors (Lipinski definition) is 12. The smallest absolute Gasteiger partial charge is 0.335 e. The van der Waals surface area contributed by atoms with E-state index in [0.29, 0.717) is 0 Å². The molecular formula is C12H24FeO14. The fraction of sp³-hybridized carbons (Fsp3) is 0.833. The van der Waals surface area contributed by atoms with Crippen LogP contribution in [-0.2, 0) is 26.7 Å². The summed E-state index contributed by atoms with van der Waals surface area (Å²) in [5, 5.41) is 104. The van der Waals surface area contributed by atoms with Crippen molar-refractivity contribution in [3.63, 3.8) is 0 Å². The number of aliphatic hydroxyl groups excluding tert-OH is 10. The molecule has 0 aliphatic carbocycles. The van der Waals surface area contributed by atoms with Crippen molar-refractivity contribution in [2.45, 2.75) is 48.8 Å². The van der Waals surface area contributed by atoms with Crippen LogP contribution in [0.2, 0.25) is 0 Å². The van der Waals surface area contributed by atoms with Gasteiger partial charge < -0.3 is 61.3 Å². The van der Waals surface area contributed by atoms with Crippen LogP contribution < -0.4 is 0 Å². The number of hydrogen-bond acceptors (Lipinski definition) is 12. The van der Waals surface area contributed by atoms with Gasteiger partial charge in [0.1, 0.15) is 36.6 Å². The Kier molecular flexibility index (Phi) is 17.1. The second-order valence-electron chi connectivity index (χ2n) is 5.03. The monoisotopic (exact) mass is 448 g/mol. The van der Waals surface area contributed by atoms with Gasteiger partial charge in [-0.25, -0.2) is 9.59 Å². The number of carboxylic acid groups (broad SMARTS) is 2. The fourth-order valence-electron chi connectivity index (χ4n) is 1.34. The number of aliphatic hydroxyl groups is 10. The first kappa shape index (κ1) is 30.8. The number of rotatable bonds is 10. The summed E-state index contributed by atoms with van der Waals surface area (Å²) in [6.07, 6.45) is -15.7. The molecule has 0 amide bonds. The van der Waals surface area contributed by atoms with Crippen molar-refractivity contribution in [2.24, 2.45) is 0 Å². The van der Waals surface area contributed by atoms with Gasteiger partial charge in [0.05, 0.1) is 13.2 Å². The van der Waals surface area contributed by atoms with Gasteiger partial charge in [0.25, 0.3) is 0 Å². The Hall–Kier alpha value is -0.941. The molecule has 0 radical (unpaired) electrons. The first-order chi connectivity index (χ1) is 11.8. The molecular weight excluding hydrogens is 424 g/mol. The number of aliphatic carboxylic acids is 2. The van der Waals surface area contributed by atoms with Crippen molar-refractivity contribution in [1.29, 1.82) is 0 Å². The van der Waals surface area contributed by atoms with Gasteiger partial charge in [0.15, 0.2) is 12.2 Å². The first-order valence-corrected chi connectivity index (χ1v) is 6.95. The summed E-state index contributed by atoms with van der Waals surface area (Å²) >= 11 is 0. The van der Waals surface area contributed by atoms with Crippen LogP contribution in [0.25, 0.3) is 0 Å². The van der Waals surface area contributed by atoms with E-state index in [1.165, 1.54) is 0 Å². The molecule has 0 aliphatic heterocycles. The van der Waals surface area contributed by atoms with Crippen LogP contribution in [0.4, 0.5) is 0 Å². The molecule has 0 fully saturated rings. The van der Waals surface area contributed by atoms with Gasteiger partial charge in [-0.3, -0.25) is 0 Å². The van der Waals surface area contributed by atoms with Gasteiger partial charge in [-0.1, -0.05) is 0 Å². The molecule has 0 aliphatic rings. The molecule has 0 saturated carbocycles. The van der Waals surface area contributed by atoms with E-state index in [2.05, 4.69) is 0 Å². The molecule has 15 heteroatoms. The Labute approximate surface area is 162 Å². The molecule has 0 rings (SSSR count). The van der Waals surface area contributed by atoms with Crippen molar-refractivity contribution in [1.82, 2.24) is 0 Å². The van der Waals surface area contributed by atoms with Crippen molar-refractivity contribution in [2.75, 3.05) is 13.2 Å². The standard InChI is InChI=1S/2C6H12O7.Fe/c2*7-1-2(8)3(9)4(10)5(11)6(12)13;/h2*2-5,7-11H,1H2,(H,12,13);. The van der Waals surface area contributed by atoms with E-state index < -0.39 is 74.0 Å². The number of carbonyl (C=O) groups is 2. The minimum absolute atomic E-state index is 0. The zero-order valence-corrected chi connectivity index (χ0v) is 14.7. The topological polar surface area (TPSA) is 277 Å². The molecule has 0 aromatic heterocycles. The summed E-state index contributed by atoms with van der Waals surface area (Å²) in [6, 6.07) is 0. The predicted molar refractivity (Wildman–Crippen MR) is 77.5 cm³/mol. The van der Waals surface area contributed by atoms with Gasteiger partial charge in [-0.2, -0.15) is 0 Å². The third-order valence-electron chi connectivity index (χ3n) is 3.02. The van der Waals surface area contributed by atoms with Crippen LogP contribution in [0, 0.1) is 0 Å². The van der Waals surface area contributed by atoms with Crippen LogP contribution in [0.5, 0.6) is 0 Å². The zero-order chi connectivity index (χ0) is 21.2. The Balaban J connectivity index is -0.000000411. The van der Waals surface area contributed by atoms with Crippen LogP contribution >= 0.6 is 0 Å². The first-order valence-electron chi connectivity index (χ1n) is 6.95. The van der Waals surface area contributed by atoms with E-state index in [1.54, 1.807) is 0 Å². The average molecular weight is 448 g/mol. The van der Waals surface area contributed by atoms with Crippen LogP contribution in [0.3, 0.4) is 0 Å². The average Bonchev–Trinajstić information content (AvgIpc) is 2.62. The largest absolute Gasteiger partial charge is 0.479 e. The van der Waals surface area contributed by atoms with Gasteiger partial charge in [0.2, 0.25) is 0 Å². The maximum atomic E-state index is 10.1. The SMILES string of the molecule is O=C(O)C(O)C(O)C(O)C(O)CO.O=C(O)C(O)C(O)C(O)C(O)CO.[Fe]. The molecule has 0 aromatic rings. The summed E-state index contributed by atoms with van der Waals surface area (Å²) in [5.41, 5.74) is 0. The van der Waals surface area contributed by atoms with E-state index in [4.69, 9.17) is 61.3 Å². The molecule has 8 unspecified atom stereocenters. The molecule has 0 aromatic carbocycles. The van der Waals surface area contributed by atoms with E-state index in [-0.39, 0.29) is 17.1 Å². The summed E-state index contributed by atoms with van der Waals surface area (Å²) in [5.74, 6) is -3.45. The molecule has 0 saturated heterocycles. The summed E-state index contributed by atoms with van der Waals surface area (Å²) in [4.78, 5) is 20.2. The Morgan fingerprint density at radius 2 is 0.778 bits per heavy atom. The number of carboxylic acids is 2. The Morgan fingerprint density at radius 3 is 0.926 bits per heavy atom. The van der Waals surface area contributed by atoms with Crippen molar-refractivity contribution >= 4 is 11.9 Å². The van der Waals surface area contributed by atoms with Gasteiger partial charge >= 0.3 is 11.9 Å². The van der Waals surface area contributed by atoms with E-state index in [0.717, 1.165) is 0 Å². The second kappa shape index (κ2) is 15.0. The predicted octanol–water partition coefficient (Wildman–Crippen LogP) is -6.99. The quantitative estimate of drug-likeness (QED) is 0.138. The fourth-order valence-corrected chi connectivity index (χ4v) is 1.34. The maximum absolute atomic E-state index is 10.1. The Bertz CT molecular complexity index is 385. The molecule has 8 atom stereocenters. The summed E-state index contributed by atoms with van der Waals surface area (Å²) in [7, 11) is 0. The molecule has 14 nitrogen and oxygen atoms in total. The molecule has 0 spiro atoms. The third-order valence-corrected chi connectivity index (χ3v) is 3.02. The maximum Gasteiger partial charge on any atom is 0.335 e. The van der Waals surface area contributed by atoms with E-state index in [1.807, 2.05) is 0 Å². The van der Waals surface area contributed by atoms with Crippen molar-refractivity contribution in [3.8, 4) is 0 Å². The second-order valence-corrected chi connectivity index (χ2v) is 5.03. The molecule has 164 valence electrons. The van der Waals surface area contributed by atoms with E-state index in [9.17, 15) is 9.59 Å². The van der Waals surface area contributed by atoms with Crippen molar-refractivity contribution in [3.05, 3.63) is 0 Å². The van der Waals surface area contributed by atoms with Gasteiger partial charge in [-0.05, 0) is 0 Å². The molecule has 12 N–H and O–H groups in total. The summed E-state index contributed by atoms with van der Waals surface area (Å²) in [6.45, 7) is -1.69. The molecule has 27 heavy (non-hydrogen) atoms. The third kappa shape index (κ3) is 10.8. The summed E-state index contributed by atoms with van der Waals surface area (Å²) < 4.78 is 0. The minimum Gasteiger partial charge on any atom is -0.479 e. The van der Waals surface area contributed by atoms with Crippen LogP contribution in [-0.4, -0.2) is 135 Å². The minimum atomic E-state index is -2.20. The van der Waals surface area contributed by atoms with Gasteiger partial charge in [0, 0.05) is 17.1 Å². The normalized spacial score (nSPS) is 19.6. The van der Waals surface area contributed by atoms with E-state index >= 15 is 0 Å². The Morgan fingerprint density at radius 1 is 0.556 bits per heavy atom.